The van der Waals surface area contributed by atoms with Gasteiger partial charge >= 0.3 is 0 Å². The van der Waals surface area contributed by atoms with Crippen LogP contribution in [-0.2, 0) is 11.2 Å². The molecule has 5 nitrogen and oxygen atoms in total. The Kier molecular flexibility index (Phi) is 5.36. The van der Waals surface area contributed by atoms with Crippen LogP contribution in [0, 0.1) is 11.3 Å². The van der Waals surface area contributed by atoms with Crippen molar-refractivity contribution in [3.63, 3.8) is 0 Å². The summed E-state index contributed by atoms with van der Waals surface area (Å²) in [5.74, 6) is 0.194. The lowest BCUT2D eigenvalue weighted by atomic mass is 9.92. The highest BCUT2D eigenvalue weighted by molar-refractivity contribution is 6.08. The van der Waals surface area contributed by atoms with E-state index in [4.69, 9.17) is 0 Å². The summed E-state index contributed by atoms with van der Waals surface area (Å²) >= 11 is 0. The van der Waals surface area contributed by atoms with E-state index in [-0.39, 0.29) is 35.6 Å². The van der Waals surface area contributed by atoms with Gasteiger partial charge in [-0.05, 0) is 74.0 Å². The number of halogens is 1. The van der Waals surface area contributed by atoms with Crippen molar-refractivity contribution in [3.05, 3.63) is 59.7 Å². The van der Waals surface area contributed by atoms with Crippen molar-refractivity contribution in [2.75, 3.05) is 29.9 Å². The maximum absolute atomic E-state index is 13.0. The minimum atomic E-state index is -0.0118. The van der Waals surface area contributed by atoms with Crippen LogP contribution in [0.5, 0.6) is 0 Å². The van der Waals surface area contributed by atoms with Gasteiger partial charge in [-0.25, -0.2) is 0 Å². The molecule has 3 aliphatic rings. The Labute approximate surface area is 177 Å². The van der Waals surface area contributed by atoms with Crippen LogP contribution in [0.3, 0.4) is 0 Å². The smallest absolute Gasteiger partial charge is 0.258 e. The third-order valence-electron chi connectivity index (χ3n) is 6.61. The molecule has 2 N–H and O–H groups in total. The Bertz CT molecular complexity index is 939. The number of piperidine rings is 1. The average molecular weight is 412 g/mol. The standard InChI is InChI=1S/C23H25N3O2.ClH/c27-21(19-15-23(19)9-11-24-12-10-23)25-18-6-3-5-17(14-18)22(28)26-13-8-16-4-1-2-7-20(16)26;/h1-7,14,19,24H,8-13,15H2,(H,25,27);1H. The van der Waals surface area contributed by atoms with Crippen molar-refractivity contribution >= 4 is 35.6 Å². The van der Waals surface area contributed by atoms with Gasteiger partial charge in [0.25, 0.3) is 5.91 Å². The molecular formula is C23H26ClN3O2. The van der Waals surface area contributed by atoms with E-state index in [2.05, 4.69) is 16.7 Å². The van der Waals surface area contributed by atoms with Gasteiger partial charge in [-0.3, -0.25) is 9.59 Å². The number of para-hydroxylation sites is 1. The Morgan fingerprint density at radius 1 is 1.07 bits per heavy atom. The number of anilines is 2. The SMILES string of the molecule is Cl.O=C(Nc1cccc(C(=O)N2CCc3ccccc32)c1)C1CC12CCNCC2. The minimum absolute atomic E-state index is 0. The first kappa shape index (κ1) is 19.9. The number of hydrogen-bond donors (Lipinski definition) is 2. The van der Waals surface area contributed by atoms with Crippen LogP contribution in [0.4, 0.5) is 11.4 Å². The zero-order valence-corrected chi connectivity index (χ0v) is 17.1. The van der Waals surface area contributed by atoms with Gasteiger partial charge in [0.15, 0.2) is 0 Å². The first-order valence-electron chi connectivity index (χ1n) is 10.2. The third-order valence-corrected chi connectivity index (χ3v) is 6.61. The summed E-state index contributed by atoms with van der Waals surface area (Å²) in [5, 5.41) is 6.42. The van der Waals surface area contributed by atoms with E-state index in [9.17, 15) is 9.59 Å². The van der Waals surface area contributed by atoms with Crippen molar-refractivity contribution < 1.29 is 9.59 Å². The second kappa shape index (κ2) is 7.81. The number of fused-ring (bicyclic) bond motifs is 1. The molecule has 2 heterocycles. The quantitative estimate of drug-likeness (QED) is 0.810. The van der Waals surface area contributed by atoms with Gasteiger partial charge in [0.2, 0.25) is 5.91 Å². The second-order valence-electron chi connectivity index (χ2n) is 8.27. The maximum atomic E-state index is 13.0. The van der Waals surface area contributed by atoms with Gasteiger partial charge in [0.05, 0.1) is 0 Å². The van der Waals surface area contributed by atoms with Crippen LogP contribution in [0.15, 0.2) is 48.5 Å². The highest BCUT2D eigenvalue weighted by Crippen LogP contribution is 2.58. The highest BCUT2D eigenvalue weighted by Gasteiger charge is 2.57. The molecule has 1 saturated heterocycles. The lowest BCUT2D eigenvalue weighted by molar-refractivity contribution is -0.118. The van der Waals surface area contributed by atoms with Gasteiger partial charge in [-0.15, -0.1) is 12.4 Å². The second-order valence-corrected chi connectivity index (χ2v) is 8.27. The van der Waals surface area contributed by atoms with E-state index < -0.39 is 0 Å². The summed E-state index contributed by atoms with van der Waals surface area (Å²) in [6.45, 7) is 2.71. The largest absolute Gasteiger partial charge is 0.326 e. The first-order chi connectivity index (χ1) is 13.7. The Morgan fingerprint density at radius 3 is 2.69 bits per heavy atom. The fraction of sp³-hybridized carbons (Fsp3) is 0.391. The minimum Gasteiger partial charge on any atom is -0.326 e. The summed E-state index contributed by atoms with van der Waals surface area (Å²) < 4.78 is 0. The van der Waals surface area contributed by atoms with Gasteiger partial charge in [0, 0.05) is 29.4 Å². The van der Waals surface area contributed by atoms with Crippen LogP contribution in [-0.4, -0.2) is 31.4 Å². The molecular weight excluding hydrogens is 386 g/mol. The molecule has 2 fully saturated rings. The molecule has 152 valence electrons. The summed E-state index contributed by atoms with van der Waals surface area (Å²) in [6, 6.07) is 15.4. The molecule has 0 bridgehead atoms. The van der Waals surface area contributed by atoms with Crippen LogP contribution < -0.4 is 15.5 Å². The highest BCUT2D eigenvalue weighted by atomic mass is 35.5. The van der Waals surface area contributed by atoms with E-state index in [0.717, 1.165) is 44.5 Å². The number of amides is 2. The first-order valence-corrected chi connectivity index (χ1v) is 10.2. The molecule has 2 aliphatic heterocycles. The number of carbonyl (C=O) groups is 2. The zero-order chi connectivity index (χ0) is 19.1. The molecule has 0 aromatic heterocycles. The Hall–Kier alpha value is -2.37. The molecule has 1 saturated carbocycles. The van der Waals surface area contributed by atoms with E-state index in [1.54, 1.807) is 6.07 Å². The summed E-state index contributed by atoms with van der Waals surface area (Å²) in [5.41, 5.74) is 3.73. The van der Waals surface area contributed by atoms with Crippen LogP contribution in [0.1, 0.15) is 35.2 Å². The number of rotatable bonds is 3. The molecule has 2 amide bonds. The van der Waals surface area contributed by atoms with E-state index in [0.29, 0.717) is 17.8 Å². The zero-order valence-electron chi connectivity index (χ0n) is 16.3. The number of benzene rings is 2. The summed E-state index contributed by atoms with van der Waals surface area (Å²) in [7, 11) is 0. The van der Waals surface area contributed by atoms with E-state index in [1.807, 2.05) is 41.3 Å². The topological polar surface area (TPSA) is 61.4 Å². The average Bonchev–Trinajstić information content (AvgIpc) is 3.24. The normalized spacial score (nSPS) is 21.2. The molecule has 29 heavy (non-hydrogen) atoms. The number of nitrogens with zero attached hydrogens (tertiary/aromatic N) is 1. The Morgan fingerprint density at radius 2 is 1.86 bits per heavy atom. The number of nitrogens with one attached hydrogen (secondary N) is 2. The Balaban J connectivity index is 0.00000205. The molecule has 1 atom stereocenters. The third kappa shape index (κ3) is 3.65. The van der Waals surface area contributed by atoms with Gasteiger partial charge in [-0.1, -0.05) is 24.3 Å². The molecule has 2 aromatic carbocycles. The predicted molar refractivity (Wildman–Crippen MR) is 117 cm³/mol. The van der Waals surface area contributed by atoms with Gasteiger partial charge in [-0.2, -0.15) is 0 Å². The molecule has 5 rings (SSSR count). The number of hydrogen-bond acceptors (Lipinski definition) is 3. The monoisotopic (exact) mass is 411 g/mol. The molecule has 1 aliphatic carbocycles. The lowest BCUT2D eigenvalue weighted by Crippen LogP contribution is -2.31. The van der Waals surface area contributed by atoms with Crippen LogP contribution in [0.25, 0.3) is 0 Å². The molecule has 0 radical (unpaired) electrons. The number of carbonyl (C=O) groups excluding carboxylic acids is 2. The molecule has 2 aromatic rings. The van der Waals surface area contributed by atoms with Crippen molar-refractivity contribution in [2.45, 2.75) is 25.7 Å². The van der Waals surface area contributed by atoms with Crippen molar-refractivity contribution in [1.82, 2.24) is 5.32 Å². The van der Waals surface area contributed by atoms with E-state index >= 15 is 0 Å². The molecule has 1 spiro atoms. The van der Waals surface area contributed by atoms with Gasteiger partial charge < -0.3 is 15.5 Å². The van der Waals surface area contributed by atoms with Crippen molar-refractivity contribution in [3.8, 4) is 0 Å². The van der Waals surface area contributed by atoms with Crippen LogP contribution in [0.2, 0.25) is 0 Å². The van der Waals surface area contributed by atoms with Crippen molar-refractivity contribution in [2.24, 2.45) is 11.3 Å². The van der Waals surface area contributed by atoms with Crippen LogP contribution >= 0.6 is 12.4 Å². The fourth-order valence-electron chi connectivity index (χ4n) is 4.86. The van der Waals surface area contributed by atoms with Crippen molar-refractivity contribution in [1.29, 1.82) is 0 Å². The fourth-order valence-corrected chi connectivity index (χ4v) is 4.86. The summed E-state index contributed by atoms with van der Waals surface area (Å²) in [6.07, 6.45) is 4.04. The lowest BCUT2D eigenvalue weighted by Gasteiger charge is -2.23. The molecule has 1 unspecified atom stereocenters. The molecule has 6 heteroatoms. The van der Waals surface area contributed by atoms with E-state index in [1.165, 1.54) is 5.56 Å². The summed E-state index contributed by atoms with van der Waals surface area (Å²) in [4.78, 5) is 27.6. The van der Waals surface area contributed by atoms with Gasteiger partial charge in [0.1, 0.15) is 0 Å². The predicted octanol–water partition coefficient (Wildman–Crippen LogP) is 3.64. The maximum Gasteiger partial charge on any atom is 0.258 e.